The zero-order valence-corrected chi connectivity index (χ0v) is 13.1. The van der Waals surface area contributed by atoms with Crippen LogP contribution in [0.2, 0.25) is 0 Å². The summed E-state index contributed by atoms with van der Waals surface area (Å²) in [7, 11) is 0. The molecule has 2 aromatic carbocycles. The van der Waals surface area contributed by atoms with E-state index in [1.807, 2.05) is 0 Å². The van der Waals surface area contributed by atoms with Crippen molar-refractivity contribution in [2.75, 3.05) is 0 Å². The molecule has 0 aromatic heterocycles. The molecule has 0 spiro atoms. The van der Waals surface area contributed by atoms with Gasteiger partial charge in [-0.05, 0) is 30.3 Å². The zero-order chi connectivity index (χ0) is 19.5. The lowest BCUT2D eigenvalue weighted by Gasteiger charge is -2.16. The monoisotopic (exact) mass is 370 g/mol. The Labute approximate surface area is 145 Å². The smallest absolute Gasteiger partial charge is 0.416 e. The topological polar surface area (TPSA) is 116 Å². The number of halogens is 3. The molecule has 3 N–H and O–H groups in total. The summed E-state index contributed by atoms with van der Waals surface area (Å²) in [5, 5.41) is 19.7. The quantitative estimate of drug-likeness (QED) is 0.589. The van der Waals surface area contributed by atoms with E-state index >= 15 is 0 Å². The molecule has 0 saturated carbocycles. The largest absolute Gasteiger partial charge is 0.481 e. The van der Waals surface area contributed by atoms with Crippen LogP contribution in [0.4, 0.5) is 18.9 Å². The number of hydrogen-bond donors (Lipinski definition) is 2. The first-order valence-electron chi connectivity index (χ1n) is 7.18. The molecule has 0 aliphatic rings. The van der Waals surface area contributed by atoms with Crippen LogP contribution in [0.3, 0.4) is 0 Å². The average Bonchev–Trinajstić information content (AvgIpc) is 2.54. The second-order valence-corrected chi connectivity index (χ2v) is 5.31. The highest BCUT2D eigenvalue weighted by atomic mass is 19.4. The third kappa shape index (κ3) is 4.70. The number of non-ortho nitro benzene ring substituents is 1. The molecular weight excluding hydrogens is 357 g/mol. The van der Waals surface area contributed by atoms with Crippen molar-refractivity contribution in [3.05, 3.63) is 63.7 Å². The van der Waals surface area contributed by atoms with Gasteiger partial charge in [0.25, 0.3) is 5.69 Å². The molecule has 2 rings (SSSR count). The average molecular weight is 370 g/mol. The molecule has 26 heavy (non-hydrogen) atoms. The lowest BCUT2D eigenvalue weighted by Crippen LogP contribution is -2.16. The number of nitrogens with two attached hydrogens (primary N) is 1. The maximum atomic E-state index is 12.6. The minimum absolute atomic E-state index is 0.0177. The molecule has 0 fully saturated rings. The van der Waals surface area contributed by atoms with Crippen molar-refractivity contribution in [2.24, 2.45) is 5.73 Å². The van der Waals surface area contributed by atoms with Gasteiger partial charge in [-0.2, -0.15) is 13.2 Å². The molecule has 0 bridgehead atoms. The molecule has 138 valence electrons. The summed E-state index contributed by atoms with van der Waals surface area (Å²) in [5.74, 6) is -1.16. The zero-order valence-electron chi connectivity index (χ0n) is 13.1. The number of rotatable bonds is 6. The molecule has 0 saturated heterocycles. The molecule has 1 atom stereocenters. The van der Waals surface area contributed by atoms with Gasteiger partial charge in [-0.15, -0.1) is 0 Å². The van der Waals surface area contributed by atoms with Crippen LogP contribution >= 0.6 is 0 Å². The van der Waals surface area contributed by atoms with Crippen LogP contribution in [0.25, 0.3) is 0 Å². The summed E-state index contributed by atoms with van der Waals surface area (Å²) in [6.07, 6.45) is -5.01. The van der Waals surface area contributed by atoms with Gasteiger partial charge in [-0.3, -0.25) is 14.9 Å². The Bertz CT molecular complexity index is 822. The van der Waals surface area contributed by atoms with Crippen molar-refractivity contribution in [2.45, 2.75) is 18.6 Å². The highest BCUT2D eigenvalue weighted by Crippen LogP contribution is 2.35. The van der Waals surface area contributed by atoms with Crippen LogP contribution in [-0.4, -0.2) is 16.0 Å². The van der Waals surface area contributed by atoms with Crippen LogP contribution < -0.4 is 10.5 Å². The first-order chi connectivity index (χ1) is 12.1. The summed E-state index contributed by atoms with van der Waals surface area (Å²) in [6, 6.07) is 6.11. The highest BCUT2D eigenvalue weighted by Gasteiger charge is 2.30. The minimum atomic E-state index is -4.50. The van der Waals surface area contributed by atoms with Crippen LogP contribution in [0.5, 0.6) is 11.5 Å². The number of hydrogen-bond acceptors (Lipinski definition) is 5. The van der Waals surface area contributed by atoms with Crippen molar-refractivity contribution in [1.82, 2.24) is 0 Å². The van der Waals surface area contributed by atoms with E-state index in [0.29, 0.717) is 0 Å². The molecular formula is C16H13F3N2O5. The highest BCUT2D eigenvalue weighted by molar-refractivity contribution is 5.68. The van der Waals surface area contributed by atoms with Crippen molar-refractivity contribution < 1.29 is 32.7 Å². The van der Waals surface area contributed by atoms with Gasteiger partial charge in [-0.1, -0.05) is 0 Å². The number of alkyl halides is 3. The maximum Gasteiger partial charge on any atom is 0.416 e. The maximum absolute atomic E-state index is 12.6. The van der Waals surface area contributed by atoms with Crippen LogP contribution in [0.15, 0.2) is 42.5 Å². The van der Waals surface area contributed by atoms with Gasteiger partial charge in [0.1, 0.15) is 11.5 Å². The molecule has 0 heterocycles. The molecule has 0 amide bonds. The lowest BCUT2D eigenvalue weighted by atomic mass is 10.0. The number of carboxylic acids is 1. The Hall–Kier alpha value is -3.14. The van der Waals surface area contributed by atoms with Gasteiger partial charge < -0.3 is 15.6 Å². The van der Waals surface area contributed by atoms with E-state index in [-0.39, 0.29) is 22.7 Å². The van der Waals surface area contributed by atoms with E-state index in [2.05, 4.69) is 0 Å². The van der Waals surface area contributed by atoms with Crippen LogP contribution in [0.1, 0.15) is 23.6 Å². The van der Waals surface area contributed by atoms with Gasteiger partial charge >= 0.3 is 12.1 Å². The Morgan fingerprint density at radius 2 is 1.85 bits per heavy atom. The molecule has 0 aliphatic heterocycles. The second-order valence-electron chi connectivity index (χ2n) is 5.31. The SMILES string of the molecule is NC(CC(=O)O)c1cc([N+](=O)[O-])ccc1Oc1ccc(C(F)(F)F)cc1. The van der Waals surface area contributed by atoms with E-state index in [1.165, 1.54) is 6.07 Å². The summed E-state index contributed by atoms with van der Waals surface area (Å²) in [4.78, 5) is 21.1. The summed E-state index contributed by atoms with van der Waals surface area (Å²) < 4.78 is 43.2. The van der Waals surface area contributed by atoms with Crippen molar-refractivity contribution in [3.8, 4) is 11.5 Å². The molecule has 2 aromatic rings. The number of benzene rings is 2. The van der Waals surface area contributed by atoms with E-state index in [9.17, 15) is 28.1 Å². The van der Waals surface area contributed by atoms with Gasteiger partial charge in [0, 0.05) is 23.7 Å². The number of carboxylic acid groups (broad SMARTS) is 1. The van der Waals surface area contributed by atoms with Crippen molar-refractivity contribution in [3.63, 3.8) is 0 Å². The lowest BCUT2D eigenvalue weighted by molar-refractivity contribution is -0.385. The van der Waals surface area contributed by atoms with Crippen molar-refractivity contribution in [1.29, 1.82) is 0 Å². The predicted molar refractivity (Wildman–Crippen MR) is 83.8 cm³/mol. The number of carbonyl (C=O) groups is 1. The van der Waals surface area contributed by atoms with Gasteiger partial charge in [0.05, 0.1) is 16.9 Å². The standard InChI is InChI=1S/C16H13F3N2O5/c17-16(18,19)9-1-4-11(5-2-9)26-14-6-3-10(21(24)25)7-12(14)13(20)8-15(22)23/h1-7,13H,8,20H2,(H,22,23). The second kappa shape index (κ2) is 7.40. The van der Waals surface area contributed by atoms with E-state index < -0.39 is 35.1 Å². The summed E-state index contributed by atoms with van der Waals surface area (Å²) >= 11 is 0. The Kier molecular flexibility index (Phi) is 5.46. The molecule has 10 heteroatoms. The first kappa shape index (κ1) is 19.2. The Balaban J connectivity index is 2.35. The molecule has 1 unspecified atom stereocenters. The third-order valence-corrected chi connectivity index (χ3v) is 3.41. The van der Waals surface area contributed by atoms with E-state index in [1.54, 1.807) is 0 Å². The summed E-state index contributed by atoms with van der Waals surface area (Å²) in [6.45, 7) is 0. The Morgan fingerprint density at radius 3 is 2.35 bits per heavy atom. The first-order valence-corrected chi connectivity index (χ1v) is 7.18. The van der Waals surface area contributed by atoms with Gasteiger partial charge in [0.15, 0.2) is 0 Å². The van der Waals surface area contributed by atoms with E-state index in [0.717, 1.165) is 36.4 Å². The Morgan fingerprint density at radius 1 is 1.23 bits per heavy atom. The van der Waals surface area contributed by atoms with Gasteiger partial charge in [-0.25, -0.2) is 0 Å². The number of nitrogens with zero attached hydrogens (tertiary/aromatic N) is 1. The minimum Gasteiger partial charge on any atom is -0.481 e. The fourth-order valence-electron chi connectivity index (χ4n) is 2.17. The van der Waals surface area contributed by atoms with E-state index in [4.69, 9.17) is 15.6 Å². The number of nitro benzene ring substituents is 1. The van der Waals surface area contributed by atoms with Crippen LogP contribution in [0, 0.1) is 10.1 Å². The number of nitro groups is 1. The molecule has 7 nitrogen and oxygen atoms in total. The molecule has 0 aliphatic carbocycles. The normalized spacial score (nSPS) is 12.5. The summed E-state index contributed by atoms with van der Waals surface area (Å²) in [5.41, 5.74) is 4.64. The van der Waals surface area contributed by atoms with Crippen LogP contribution in [-0.2, 0) is 11.0 Å². The third-order valence-electron chi connectivity index (χ3n) is 3.41. The molecule has 0 radical (unpaired) electrons. The van der Waals surface area contributed by atoms with Crippen molar-refractivity contribution >= 4 is 11.7 Å². The number of aliphatic carboxylic acids is 1. The van der Waals surface area contributed by atoms with Gasteiger partial charge in [0.2, 0.25) is 0 Å². The predicted octanol–water partition coefficient (Wildman–Crippen LogP) is 3.88. The number of ether oxygens (including phenoxy) is 1. The fourth-order valence-corrected chi connectivity index (χ4v) is 2.17. The fraction of sp³-hybridized carbons (Fsp3) is 0.188.